The Kier molecular flexibility index (Phi) is 13.9. The van der Waals surface area contributed by atoms with Gasteiger partial charge in [-0.05, 0) is 25.2 Å². The van der Waals surface area contributed by atoms with Crippen LogP contribution in [0.1, 0.15) is 46.7 Å². The minimum Gasteiger partial charge on any atom is -0.480 e. The standard InChI is InChI=1S/C24H41N7O7S/c1-11(2)6-15(21(34)31-19(13(5)32)23(36)30-17(9-39)24(37)38)28-20(33)16(7-14-8-26-10-27-14)29-22(35)18(25)12(3)4/h8,10-13,15-19,32,39H,6-7,9,25H2,1-5H3,(H,26,27)(H,28,33)(H,29,35)(H,30,36)(H,31,34)(H,37,38)/t13-,15+,16+,17+,18+,19+/m1/s1. The highest BCUT2D eigenvalue weighted by molar-refractivity contribution is 7.80. The lowest BCUT2D eigenvalue weighted by Gasteiger charge is -2.28. The van der Waals surface area contributed by atoms with Crippen molar-refractivity contribution in [2.45, 2.75) is 83.8 Å². The first-order valence-electron chi connectivity index (χ1n) is 12.6. The average molecular weight is 572 g/mol. The monoisotopic (exact) mass is 571 g/mol. The number of carbonyl (C=O) groups excluding carboxylic acids is 4. The highest BCUT2D eigenvalue weighted by Gasteiger charge is 2.34. The van der Waals surface area contributed by atoms with E-state index in [-0.39, 0.29) is 30.4 Å². The third-order valence-corrected chi connectivity index (χ3v) is 6.20. The van der Waals surface area contributed by atoms with Crippen LogP contribution >= 0.6 is 12.6 Å². The molecule has 15 heteroatoms. The van der Waals surface area contributed by atoms with Crippen molar-refractivity contribution in [3.8, 4) is 0 Å². The minimum atomic E-state index is -1.50. The fourth-order valence-corrected chi connectivity index (χ4v) is 3.72. The van der Waals surface area contributed by atoms with Crippen molar-refractivity contribution < 1.29 is 34.2 Å². The molecule has 0 aliphatic carbocycles. The Labute approximate surface area is 233 Å². The molecule has 0 unspecified atom stereocenters. The quantitative estimate of drug-likeness (QED) is 0.103. The minimum absolute atomic E-state index is 0.0391. The van der Waals surface area contributed by atoms with Crippen molar-refractivity contribution >= 4 is 42.2 Å². The molecule has 0 aliphatic heterocycles. The van der Waals surface area contributed by atoms with Gasteiger partial charge in [-0.1, -0.05) is 27.7 Å². The summed E-state index contributed by atoms with van der Waals surface area (Å²) in [6.07, 6.45) is 1.73. The van der Waals surface area contributed by atoms with Gasteiger partial charge in [0.15, 0.2) is 0 Å². The molecule has 0 spiro atoms. The maximum absolute atomic E-state index is 13.3. The molecule has 4 amide bonds. The molecular weight excluding hydrogens is 530 g/mol. The van der Waals surface area contributed by atoms with Gasteiger partial charge in [0.05, 0.1) is 18.5 Å². The molecule has 14 nitrogen and oxygen atoms in total. The van der Waals surface area contributed by atoms with E-state index in [4.69, 9.17) is 5.73 Å². The molecular formula is C24H41N7O7S. The number of thiol groups is 1. The molecule has 1 aromatic rings. The van der Waals surface area contributed by atoms with E-state index in [9.17, 15) is 34.2 Å². The van der Waals surface area contributed by atoms with Crippen LogP contribution in [0.3, 0.4) is 0 Å². The Bertz CT molecular complexity index is 972. The Balaban J connectivity index is 3.13. The maximum Gasteiger partial charge on any atom is 0.327 e. The van der Waals surface area contributed by atoms with E-state index >= 15 is 0 Å². The van der Waals surface area contributed by atoms with Crippen LogP contribution in [0.5, 0.6) is 0 Å². The van der Waals surface area contributed by atoms with Crippen molar-refractivity contribution in [3.63, 3.8) is 0 Å². The number of carboxylic acids is 1. The number of aromatic nitrogens is 2. The molecule has 220 valence electrons. The van der Waals surface area contributed by atoms with E-state index < -0.39 is 65.9 Å². The van der Waals surface area contributed by atoms with Crippen LogP contribution in [0.25, 0.3) is 0 Å². The summed E-state index contributed by atoms with van der Waals surface area (Å²) in [5.74, 6) is -4.73. The number of nitrogens with zero attached hydrogens (tertiary/aromatic N) is 1. The fraction of sp³-hybridized carbons (Fsp3) is 0.667. The number of nitrogens with one attached hydrogen (secondary N) is 5. The summed E-state index contributed by atoms with van der Waals surface area (Å²) in [5.41, 5.74) is 6.50. The number of aromatic amines is 1. The Morgan fingerprint density at radius 3 is 1.95 bits per heavy atom. The molecule has 0 radical (unpaired) electrons. The van der Waals surface area contributed by atoms with Gasteiger partial charge in [-0.2, -0.15) is 12.6 Å². The summed E-state index contributed by atoms with van der Waals surface area (Å²) < 4.78 is 0. The average Bonchev–Trinajstić information content (AvgIpc) is 3.36. The maximum atomic E-state index is 13.3. The molecule has 0 fully saturated rings. The van der Waals surface area contributed by atoms with E-state index in [0.29, 0.717) is 5.69 Å². The second kappa shape index (κ2) is 16.1. The topological polar surface area (TPSA) is 229 Å². The molecule has 0 saturated heterocycles. The van der Waals surface area contributed by atoms with E-state index in [2.05, 4.69) is 43.9 Å². The third-order valence-electron chi connectivity index (χ3n) is 5.83. The second-order valence-corrected chi connectivity index (χ2v) is 10.5. The third kappa shape index (κ3) is 11.2. The fourth-order valence-electron chi connectivity index (χ4n) is 3.48. The van der Waals surface area contributed by atoms with Gasteiger partial charge in [0.1, 0.15) is 24.2 Å². The van der Waals surface area contributed by atoms with Gasteiger partial charge in [-0.25, -0.2) is 9.78 Å². The molecule has 1 aromatic heterocycles. The summed E-state index contributed by atoms with van der Waals surface area (Å²) in [6.45, 7) is 8.43. The molecule has 1 rings (SSSR count). The van der Waals surface area contributed by atoms with Gasteiger partial charge < -0.3 is 42.2 Å². The lowest BCUT2D eigenvalue weighted by molar-refractivity contribution is -0.142. The first-order valence-corrected chi connectivity index (χ1v) is 13.3. The number of carboxylic acid groups (broad SMARTS) is 1. The molecule has 0 saturated carbocycles. The number of aliphatic hydroxyl groups is 1. The van der Waals surface area contributed by atoms with Crippen LogP contribution in [0.15, 0.2) is 12.5 Å². The van der Waals surface area contributed by atoms with Crippen molar-refractivity contribution in [1.29, 1.82) is 0 Å². The number of aliphatic hydroxyl groups excluding tert-OH is 1. The van der Waals surface area contributed by atoms with Crippen LogP contribution in [-0.4, -0.2) is 91.8 Å². The normalized spacial score (nSPS) is 15.9. The van der Waals surface area contributed by atoms with Crippen molar-refractivity contribution in [3.05, 3.63) is 18.2 Å². The number of amides is 4. The number of carbonyl (C=O) groups is 5. The smallest absolute Gasteiger partial charge is 0.327 e. The van der Waals surface area contributed by atoms with Gasteiger partial charge in [0.25, 0.3) is 0 Å². The highest BCUT2D eigenvalue weighted by atomic mass is 32.1. The lowest BCUT2D eigenvalue weighted by Crippen LogP contribution is -2.61. The molecule has 6 atom stereocenters. The van der Waals surface area contributed by atoms with Crippen molar-refractivity contribution in [1.82, 2.24) is 31.2 Å². The van der Waals surface area contributed by atoms with Crippen LogP contribution in [0.4, 0.5) is 0 Å². The molecule has 0 aromatic carbocycles. The van der Waals surface area contributed by atoms with Gasteiger partial charge in [-0.3, -0.25) is 19.2 Å². The molecule has 9 N–H and O–H groups in total. The molecule has 39 heavy (non-hydrogen) atoms. The molecule has 1 heterocycles. The van der Waals surface area contributed by atoms with Crippen LogP contribution in [-0.2, 0) is 30.4 Å². The number of hydrogen-bond acceptors (Lipinski definition) is 9. The first-order chi connectivity index (χ1) is 18.2. The molecule has 0 aliphatic rings. The van der Waals surface area contributed by atoms with Crippen molar-refractivity contribution in [2.24, 2.45) is 17.6 Å². The van der Waals surface area contributed by atoms with Gasteiger partial charge >= 0.3 is 5.97 Å². The lowest BCUT2D eigenvalue weighted by atomic mass is 10.0. The van der Waals surface area contributed by atoms with Gasteiger partial charge in [-0.15, -0.1) is 0 Å². The zero-order valence-corrected chi connectivity index (χ0v) is 23.7. The van der Waals surface area contributed by atoms with Crippen LogP contribution < -0.4 is 27.0 Å². The number of rotatable bonds is 16. The Morgan fingerprint density at radius 1 is 0.923 bits per heavy atom. The first kappa shape index (κ1) is 33.9. The molecule has 0 bridgehead atoms. The number of nitrogens with two attached hydrogens (primary N) is 1. The number of imidazole rings is 1. The van der Waals surface area contributed by atoms with Crippen LogP contribution in [0.2, 0.25) is 0 Å². The number of H-pyrrole nitrogens is 1. The summed E-state index contributed by atoms with van der Waals surface area (Å²) in [6, 6.07) is -5.96. The van der Waals surface area contributed by atoms with E-state index in [0.717, 1.165) is 0 Å². The highest BCUT2D eigenvalue weighted by Crippen LogP contribution is 2.09. The van der Waals surface area contributed by atoms with E-state index in [1.807, 2.05) is 13.8 Å². The predicted molar refractivity (Wildman–Crippen MR) is 145 cm³/mol. The summed E-state index contributed by atoms with van der Waals surface area (Å²) in [5, 5.41) is 29.2. The van der Waals surface area contributed by atoms with E-state index in [1.165, 1.54) is 19.4 Å². The zero-order chi connectivity index (χ0) is 29.9. The zero-order valence-electron chi connectivity index (χ0n) is 22.8. The largest absolute Gasteiger partial charge is 0.480 e. The second-order valence-electron chi connectivity index (χ2n) is 10.1. The summed E-state index contributed by atoms with van der Waals surface area (Å²) in [7, 11) is 0. The van der Waals surface area contributed by atoms with Crippen LogP contribution in [0, 0.1) is 11.8 Å². The summed E-state index contributed by atoms with van der Waals surface area (Å²) in [4.78, 5) is 69.9. The van der Waals surface area contributed by atoms with Crippen molar-refractivity contribution in [2.75, 3.05) is 5.75 Å². The number of hydrogen-bond donors (Lipinski definition) is 9. The SMILES string of the molecule is CC(C)C[C@H](NC(=O)[C@H](Cc1cnc[nH]1)NC(=O)[C@@H](N)C(C)C)C(=O)N[C@H](C(=O)N[C@@H](CS)C(=O)O)[C@@H](C)O. The number of aliphatic carboxylic acids is 1. The van der Waals surface area contributed by atoms with Gasteiger partial charge in [0.2, 0.25) is 23.6 Å². The Hall–Kier alpha value is -3.17. The Morgan fingerprint density at radius 2 is 1.49 bits per heavy atom. The van der Waals surface area contributed by atoms with E-state index in [1.54, 1.807) is 13.8 Å². The predicted octanol–water partition coefficient (Wildman–Crippen LogP) is -1.68. The van der Waals surface area contributed by atoms with Gasteiger partial charge in [0, 0.05) is 24.1 Å². The summed E-state index contributed by atoms with van der Waals surface area (Å²) >= 11 is 3.89.